The number of halogens is 1. The summed E-state index contributed by atoms with van der Waals surface area (Å²) in [4.78, 5) is 19.4. The smallest absolute Gasteiger partial charge is 0.259 e. The van der Waals surface area contributed by atoms with Crippen LogP contribution >= 0.6 is 22.6 Å². The number of terminal acetylenes is 1. The van der Waals surface area contributed by atoms with Crippen molar-refractivity contribution in [2.75, 3.05) is 6.61 Å². The van der Waals surface area contributed by atoms with Gasteiger partial charge in [0.1, 0.15) is 18.2 Å². The number of rotatable bonds is 3. The average molecular weight is 402 g/mol. The Bertz CT molecular complexity index is 941. The summed E-state index contributed by atoms with van der Waals surface area (Å²) in [6, 6.07) is 12.8. The molecule has 1 heterocycles. The largest absolute Gasteiger partial charge is 0.480 e. The van der Waals surface area contributed by atoms with E-state index in [1.165, 1.54) is 0 Å². The van der Waals surface area contributed by atoms with Crippen LogP contribution in [0.1, 0.15) is 0 Å². The van der Waals surface area contributed by atoms with Crippen molar-refractivity contribution < 1.29 is 4.74 Å². The molecule has 0 spiro atoms. The van der Waals surface area contributed by atoms with Gasteiger partial charge in [-0.15, -0.1) is 6.42 Å². The zero-order valence-electron chi connectivity index (χ0n) is 11.5. The summed E-state index contributed by atoms with van der Waals surface area (Å²) in [6.45, 7) is 0.223. The van der Waals surface area contributed by atoms with Crippen LogP contribution in [0.3, 0.4) is 0 Å². The highest BCUT2D eigenvalue weighted by molar-refractivity contribution is 14.1. The van der Waals surface area contributed by atoms with Crippen molar-refractivity contribution in [2.24, 2.45) is 0 Å². The minimum Gasteiger partial charge on any atom is -0.480 e. The molecule has 1 aromatic heterocycles. The first-order valence-corrected chi connectivity index (χ1v) is 7.62. The molecule has 0 saturated carbocycles. The molecule has 0 atom stereocenters. The summed E-state index contributed by atoms with van der Waals surface area (Å²) in [5, 5.41) is 0.579. The van der Waals surface area contributed by atoms with Crippen molar-refractivity contribution in [1.82, 2.24) is 9.97 Å². The summed E-state index contributed by atoms with van der Waals surface area (Å²) < 4.78 is 6.34. The molecule has 108 valence electrons. The van der Waals surface area contributed by atoms with E-state index in [9.17, 15) is 4.79 Å². The van der Waals surface area contributed by atoms with E-state index in [2.05, 4.69) is 38.5 Å². The van der Waals surface area contributed by atoms with Crippen LogP contribution < -0.4 is 10.3 Å². The summed E-state index contributed by atoms with van der Waals surface area (Å²) in [7, 11) is 0. The standard InChI is InChI=1S/C17H11IN2O2/c1-2-9-22-15-8-7-11(10-13(15)18)16-19-14-6-4-3-5-12(14)17(21)20-16/h1,3-8,10H,9H2,(H,19,20,21). The molecule has 3 rings (SSSR count). The number of nitrogens with zero attached hydrogens (tertiary/aromatic N) is 1. The Hall–Kier alpha value is -2.33. The van der Waals surface area contributed by atoms with Crippen LogP contribution in [0.15, 0.2) is 47.3 Å². The number of H-pyrrole nitrogens is 1. The normalized spacial score (nSPS) is 10.4. The van der Waals surface area contributed by atoms with E-state index in [0.29, 0.717) is 22.5 Å². The zero-order valence-corrected chi connectivity index (χ0v) is 13.6. The highest BCUT2D eigenvalue weighted by Gasteiger charge is 2.08. The van der Waals surface area contributed by atoms with Gasteiger partial charge in [0.15, 0.2) is 0 Å². The maximum atomic E-state index is 12.1. The van der Waals surface area contributed by atoms with Crippen LogP contribution in [-0.2, 0) is 0 Å². The SMILES string of the molecule is C#CCOc1ccc(-c2nc3ccccc3c(=O)[nH]2)cc1I. The van der Waals surface area contributed by atoms with Crippen molar-refractivity contribution in [3.63, 3.8) is 0 Å². The Morgan fingerprint density at radius 2 is 2.09 bits per heavy atom. The number of hydrogen-bond acceptors (Lipinski definition) is 3. The third kappa shape index (κ3) is 2.83. The number of hydrogen-bond donors (Lipinski definition) is 1. The lowest BCUT2D eigenvalue weighted by molar-refractivity contribution is 0.368. The maximum absolute atomic E-state index is 12.1. The van der Waals surface area contributed by atoms with Gasteiger partial charge in [-0.25, -0.2) is 4.98 Å². The van der Waals surface area contributed by atoms with E-state index in [-0.39, 0.29) is 12.2 Å². The van der Waals surface area contributed by atoms with Crippen LogP contribution in [0.2, 0.25) is 0 Å². The lowest BCUT2D eigenvalue weighted by Gasteiger charge is -2.08. The van der Waals surface area contributed by atoms with Crippen LogP contribution in [-0.4, -0.2) is 16.6 Å². The number of fused-ring (bicyclic) bond motifs is 1. The molecule has 0 aliphatic heterocycles. The molecule has 2 aromatic carbocycles. The van der Waals surface area contributed by atoms with E-state index < -0.39 is 0 Å². The fourth-order valence-corrected chi connectivity index (χ4v) is 2.78. The highest BCUT2D eigenvalue weighted by atomic mass is 127. The number of ether oxygens (including phenoxy) is 1. The quantitative estimate of drug-likeness (QED) is 0.541. The molecule has 1 N–H and O–H groups in total. The molecular formula is C17H11IN2O2. The zero-order chi connectivity index (χ0) is 15.5. The Morgan fingerprint density at radius 1 is 1.27 bits per heavy atom. The third-order valence-electron chi connectivity index (χ3n) is 3.13. The second kappa shape index (κ2) is 6.20. The average Bonchev–Trinajstić information content (AvgIpc) is 2.53. The molecule has 0 unspecified atom stereocenters. The molecular weight excluding hydrogens is 391 g/mol. The van der Waals surface area contributed by atoms with E-state index in [1.54, 1.807) is 6.07 Å². The fraction of sp³-hybridized carbons (Fsp3) is 0.0588. The van der Waals surface area contributed by atoms with Crippen molar-refractivity contribution in [3.05, 3.63) is 56.4 Å². The fourth-order valence-electron chi connectivity index (χ4n) is 2.11. The molecule has 22 heavy (non-hydrogen) atoms. The van der Waals surface area contributed by atoms with Crippen molar-refractivity contribution in [1.29, 1.82) is 0 Å². The minimum absolute atomic E-state index is 0.150. The van der Waals surface area contributed by atoms with Crippen molar-refractivity contribution in [3.8, 4) is 29.5 Å². The van der Waals surface area contributed by atoms with Gasteiger partial charge in [-0.2, -0.15) is 0 Å². The van der Waals surface area contributed by atoms with E-state index in [1.807, 2.05) is 36.4 Å². The van der Waals surface area contributed by atoms with E-state index in [4.69, 9.17) is 11.2 Å². The number of aromatic amines is 1. The van der Waals surface area contributed by atoms with Crippen LogP contribution in [0.25, 0.3) is 22.3 Å². The molecule has 0 bridgehead atoms. The number of benzene rings is 2. The molecule has 3 aromatic rings. The monoisotopic (exact) mass is 402 g/mol. The Kier molecular flexibility index (Phi) is 4.11. The highest BCUT2D eigenvalue weighted by Crippen LogP contribution is 2.26. The summed E-state index contributed by atoms with van der Waals surface area (Å²) in [6.07, 6.45) is 5.19. The third-order valence-corrected chi connectivity index (χ3v) is 3.97. The Morgan fingerprint density at radius 3 is 2.86 bits per heavy atom. The predicted molar refractivity (Wildman–Crippen MR) is 94.8 cm³/mol. The summed E-state index contributed by atoms with van der Waals surface area (Å²) in [5.41, 5.74) is 1.34. The summed E-state index contributed by atoms with van der Waals surface area (Å²) in [5.74, 6) is 3.68. The van der Waals surface area contributed by atoms with Gasteiger partial charge in [0.2, 0.25) is 0 Å². The van der Waals surface area contributed by atoms with Gasteiger partial charge in [0.05, 0.1) is 14.5 Å². The molecule has 4 nitrogen and oxygen atoms in total. The van der Waals surface area contributed by atoms with E-state index >= 15 is 0 Å². The molecule has 0 radical (unpaired) electrons. The topological polar surface area (TPSA) is 55.0 Å². The molecule has 0 fully saturated rings. The van der Waals surface area contributed by atoms with Gasteiger partial charge in [0.25, 0.3) is 5.56 Å². The lowest BCUT2D eigenvalue weighted by atomic mass is 10.2. The second-order valence-corrected chi connectivity index (χ2v) is 5.73. The van der Waals surface area contributed by atoms with Gasteiger partial charge in [0, 0.05) is 5.56 Å². The van der Waals surface area contributed by atoms with Gasteiger partial charge in [-0.05, 0) is 52.9 Å². The van der Waals surface area contributed by atoms with Gasteiger partial charge in [-0.1, -0.05) is 18.1 Å². The number of para-hydroxylation sites is 1. The number of nitrogens with one attached hydrogen (secondary N) is 1. The van der Waals surface area contributed by atoms with Crippen LogP contribution in [0.5, 0.6) is 5.75 Å². The first-order chi connectivity index (χ1) is 10.7. The molecule has 0 amide bonds. The van der Waals surface area contributed by atoms with Gasteiger partial charge < -0.3 is 9.72 Å². The second-order valence-electron chi connectivity index (χ2n) is 4.57. The molecule has 0 saturated heterocycles. The maximum Gasteiger partial charge on any atom is 0.259 e. The summed E-state index contributed by atoms with van der Waals surface area (Å²) >= 11 is 2.17. The Balaban J connectivity index is 2.06. The first-order valence-electron chi connectivity index (χ1n) is 6.54. The van der Waals surface area contributed by atoms with E-state index in [0.717, 1.165) is 9.13 Å². The Labute approximate surface area is 140 Å². The van der Waals surface area contributed by atoms with Crippen molar-refractivity contribution in [2.45, 2.75) is 0 Å². The molecule has 0 aliphatic carbocycles. The molecule has 5 heteroatoms. The van der Waals surface area contributed by atoms with Crippen LogP contribution in [0.4, 0.5) is 0 Å². The molecule has 0 aliphatic rings. The lowest BCUT2D eigenvalue weighted by Crippen LogP contribution is -2.09. The van der Waals surface area contributed by atoms with Gasteiger partial charge >= 0.3 is 0 Å². The first kappa shape index (κ1) is 14.6. The number of aromatic nitrogens is 2. The van der Waals surface area contributed by atoms with Gasteiger partial charge in [-0.3, -0.25) is 4.79 Å². The predicted octanol–water partition coefficient (Wildman–Crippen LogP) is 3.21. The van der Waals surface area contributed by atoms with Crippen LogP contribution in [0, 0.1) is 15.9 Å². The van der Waals surface area contributed by atoms with Crippen molar-refractivity contribution >= 4 is 33.5 Å². The minimum atomic E-state index is -0.150.